The molecule has 0 fully saturated rings. The highest BCUT2D eigenvalue weighted by Gasteiger charge is 2.15. The number of rotatable bonds is 3. The van der Waals surface area contributed by atoms with E-state index in [9.17, 15) is 4.79 Å². The Hall–Kier alpha value is -2.91. The fourth-order valence-electron chi connectivity index (χ4n) is 3.05. The van der Waals surface area contributed by atoms with Crippen molar-refractivity contribution < 1.29 is 0 Å². The van der Waals surface area contributed by atoms with Crippen molar-refractivity contribution in [3.05, 3.63) is 94.7 Å². The van der Waals surface area contributed by atoms with Gasteiger partial charge < -0.3 is 4.57 Å². The zero-order chi connectivity index (χ0) is 17.2. The quantitative estimate of drug-likeness (QED) is 0.485. The molecule has 0 aliphatic heterocycles. The van der Waals surface area contributed by atoms with Gasteiger partial charge in [-0.3, -0.25) is 4.79 Å². The van der Waals surface area contributed by atoms with Gasteiger partial charge >= 0.3 is 0 Å². The second kappa shape index (κ2) is 6.54. The van der Waals surface area contributed by atoms with Crippen LogP contribution in [-0.4, -0.2) is 4.57 Å². The molecule has 2 aromatic heterocycles. The van der Waals surface area contributed by atoms with E-state index >= 15 is 0 Å². The molecular weight excluding hydrogens is 326 g/mol. The predicted octanol–water partition coefficient (Wildman–Crippen LogP) is 5.45. The van der Waals surface area contributed by atoms with Crippen LogP contribution in [0.5, 0.6) is 0 Å². The van der Waals surface area contributed by atoms with E-state index in [0.29, 0.717) is 0 Å². The van der Waals surface area contributed by atoms with E-state index in [2.05, 4.69) is 18.2 Å². The van der Waals surface area contributed by atoms with Crippen molar-refractivity contribution >= 4 is 11.3 Å². The molecule has 2 aromatic carbocycles. The summed E-state index contributed by atoms with van der Waals surface area (Å²) in [6.45, 7) is 0. The van der Waals surface area contributed by atoms with Crippen molar-refractivity contribution in [3.8, 4) is 32.7 Å². The molecule has 122 valence electrons. The highest BCUT2D eigenvalue weighted by atomic mass is 32.1. The summed E-state index contributed by atoms with van der Waals surface area (Å²) in [4.78, 5) is 14.2. The lowest BCUT2D eigenvalue weighted by molar-refractivity contribution is 0.905. The average Bonchev–Trinajstić information content (AvgIpc) is 3.14. The molecule has 0 N–H and O–H groups in total. The van der Waals surface area contributed by atoms with Gasteiger partial charge in [-0.1, -0.05) is 60.7 Å². The summed E-state index contributed by atoms with van der Waals surface area (Å²) in [7, 11) is 1.96. The van der Waals surface area contributed by atoms with Crippen molar-refractivity contribution in [1.82, 2.24) is 4.57 Å². The van der Waals surface area contributed by atoms with Crippen LogP contribution in [0.15, 0.2) is 89.3 Å². The molecule has 4 aromatic rings. The van der Waals surface area contributed by atoms with E-state index < -0.39 is 0 Å². The smallest absolute Gasteiger partial charge is 0.198 e. The van der Waals surface area contributed by atoms with Gasteiger partial charge in [-0.05, 0) is 22.6 Å². The monoisotopic (exact) mass is 343 g/mol. The Kier molecular flexibility index (Phi) is 4.08. The molecule has 0 spiro atoms. The van der Waals surface area contributed by atoms with E-state index in [0.717, 1.165) is 32.7 Å². The SMILES string of the molecule is Cn1cc(-c2ccccc2)c(=O)c(-c2sccc2-c2ccccc2)c1. The largest absolute Gasteiger partial charge is 0.356 e. The first-order valence-corrected chi connectivity index (χ1v) is 9.01. The molecule has 0 saturated heterocycles. The number of aryl methyl sites for hydroxylation is 1. The molecule has 3 heteroatoms. The summed E-state index contributed by atoms with van der Waals surface area (Å²) in [5.74, 6) is 0. The Morgan fingerprint density at radius 2 is 1.28 bits per heavy atom. The van der Waals surface area contributed by atoms with Crippen LogP contribution in [0.3, 0.4) is 0 Å². The van der Waals surface area contributed by atoms with Crippen molar-refractivity contribution in [3.63, 3.8) is 0 Å². The Morgan fingerprint density at radius 1 is 0.720 bits per heavy atom. The lowest BCUT2D eigenvalue weighted by Gasteiger charge is -2.10. The maximum absolute atomic E-state index is 13.2. The predicted molar refractivity (Wildman–Crippen MR) is 106 cm³/mol. The number of hydrogen-bond acceptors (Lipinski definition) is 2. The molecule has 4 rings (SSSR count). The Labute approximate surface area is 150 Å². The van der Waals surface area contributed by atoms with Gasteiger partial charge in [0.2, 0.25) is 0 Å². The third-order valence-electron chi connectivity index (χ3n) is 4.23. The van der Waals surface area contributed by atoms with Gasteiger partial charge in [-0.2, -0.15) is 0 Å². The maximum atomic E-state index is 13.2. The molecule has 0 atom stereocenters. The number of benzene rings is 2. The van der Waals surface area contributed by atoms with Gasteiger partial charge in [0.25, 0.3) is 0 Å². The molecule has 2 heterocycles. The normalized spacial score (nSPS) is 10.8. The molecule has 0 aliphatic carbocycles. The number of pyridine rings is 1. The summed E-state index contributed by atoms with van der Waals surface area (Å²) in [6, 6.07) is 22.1. The highest BCUT2D eigenvalue weighted by Crippen LogP contribution is 2.35. The van der Waals surface area contributed by atoms with Crippen LogP contribution in [0.2, 0.25) is 0 Å². The first-order valence-electron chi connectivity index (χ1n) is 8.13. The molecule has 0 aliphatic rings. The lowest BCUT2D eigenvalue weighted by atomic mass is 10.0. The standard InChI is InChI=1S/C22H17NOS/c1-23-14-19(17-10-6-3-7-11-17)21(24)20(15-23)22-18(12-13-25-22)16-8-4-2-5-9-16/h2-15H,1H3. The number of thiophene rings is 1. The summed E-state index contributed by atoms with van der Waals surface area (Å²) >= 11 is 1.61. The van der Waals surface area contributed by atoms with Crippen LogP contribution in [0.1, 0.15) is 0 Å². The molecule has 0 unspecified atom stereocenters. The zero-order valence-electron chi connectivity index (χ0n) is 13.8. The number of nitrogens with zero attached hydrogens (tertiary/aromatic N) is 1. The second-order valence-electron chi connectivity index (χ2n) is 5.98. The van der Waals surface area contributed by atoms with Crippen LogP contribution in [0.25, 0.3) is 32.7 Å². The summed E-state index contributed by atoms with van der Waals surface area (Å²) < 4.78 is 1.97. The van der Waals surface area contributed by atoms with Gasteiger partial charge in [-0.15, -0.1) is 11.3 Å². The number of hydrogen-bond donors (Lipinski definition) is 0. The molecule has 0 amide bonds. The van der Waals surface area contributed by atoms with Crippen molar-refractivity contribution in [2.75, 3.05) is 0 Å². The van der Waals surface area contributed by atoms with Gasteiger partial charge in [0.1, 0.15) is 0 Å². The van der Waals surface area contributed by atoms with Crippen LogP contribution in [-0.2, 0) is 7.05 Å². The molecule has 0 saturated carbocycles. The van der Waals surface area contributed by atoms with E-state index in [1.54, 1.807) is 11.3 Å². The first-order chi connectivity index (χ1) is 12.2. The van der Waals surface area contributed by atoms with E-state index in [-0.39, 0.29) is 5.43 Å². The van der Waals surface area contributed by atoms with E-state index in [1.807, 2.05) is 77.9 Å². The Morgan fingerprint density at radius 3 is 1.92 bits per heavy atom. The van der Waals surface area contributed by atoms with Gasteiger partial charge in [0, 0.05) is 35.4 Å². The second-order valence-corrected chi connectivity index (χ2v) is 6.89. The topological polar surface area (TPSA) is 22.0 Å². The summed E-state index contributed by atoms with van der Waals surface area (Å²) in [5, 5.41) is 2.05. The van der Waals surface area contributed by atoms with Crippen LogP contribution in [0, 0.1) is 0 Å². The molecule has 0 bridgehead atoms. The zero-order valence-corrected chi connectivity index (χ0v) is 14.7. The Balaban J connectivity index is 1.93. The third kappa shape index (κ3) is 2.94. The minimum atomic E-state index is 0.0731. The number of aromatic nitrogens is 1. The molecule has 0 radical (unpaired) electrons. The van der Waals surface area contributed by atoms with Crippen molar-refractivity contribution in [2.45, 2.75) is 0 Å². The summed E-state index contributed by atoms with van der Waals surface area (Å²) in [6.07, 6.45) is 3.82. The van der Waals surface area contributed by atoms with E-state index in [1.165, 1.54) is 0 Å². The van der Waals surface area contributed by atoms with Gasteiger partial charge in [0.15, 0.2) is 5.43 Å². The van der Waals surface area contributed by atoms with Crippen LogP contribution < -0.4 is 5.43 Å². The van der Waals surface area contributed by atoms with Crippen molar-refractivity contribution in [1.29, 1.82) is 0 Å². The molecule has 25 heavy (non-hydrogen) atoms. The fraction of sp³-hybridized carbons (Fsp3) is 0.0455. The minimum Gasteiger partial charge on any atom is -0.356 e. The van der Waals surface area contributed by atoms with Crippen LogP contribution in [0.4, 0.5) is 0 Å². The maximum Gasteiger partial charge on any atom is 0.198 e. The first kappa shape index (κ1) is 15.6. The van der Waals surface area contributed by atoms with Gasteiger partial charge in [-0.25, -0.2) is 0 Å². The molecular formula is C22H17NOS. The third-order valence-corrected chi connectivity index (χ3v) is 5.18. The van der Waals surface area contributed by atoms with Crippen LogP contribution >= 0.6 is 11.3 Å². The van der Waals surface area contributed by atoms with Crippen molar-refractivity contribution in [2.24, 2.45) is 7.05 Å². The average molecular weight is 343 g/mol. The lowest BCUT2D eigenvalue weighted by Crippen LogP contribution is -2.11. The highest BCUT2D eigenvalue weighted by molar-refractivity contribution is 7.14. The minimum absolute atomic E-state index is 0.0731. The molecule has 2 nitrogen and oxygen atoms in total. The van der Waals surface area contributed by atoms with E-state index in [4.69, 9.17) is 0 Å². The Bertz CT molecular complexity index is 1060. The fourth-order valence-corrected chi connectivity index (χ4v) is 3.98. The van der Waals surface area contributed by atoms with Gasteiger partial charge in [0.05, 0.1) is 5.56 Å². The summed E-state index contributed by atoms with van der Waals surface area (Å²) in [5.41, 5.74) is 4.73.